The number of halogens is 2. The van der Waals surface area contributed by atoms with Crippen molar-refractivity contribution in [2.75, 3.05) is 18.0 Å². The van der Waals surface area contributed by atoms with Crippen LogP contribution >= 0.6 is 15.9 Å². The van der Waals surface area contributed by atoms with Gasteiger partial charge in [0.1, 0.15) is 5.82 Å². The van der Waals surface area contributed by atoms with Crippen molar-refractivity contribution in [2.24, 2.45) is 0 Å². The first kappa shape index (κ1) is 21.8. The summed E-state index contributed by atoms with van der Waals surface area (Å²) < 4.78 is 41.1. The summed E-state index contributed by atoms with van der Waals surface area (Å²) in [6.07, 6.45) is 5.24. The third-order valence-electron chi connectivity index (χ3n) is 5.54. The SMILES string of the molecule is Cc1cc(S(=O)(=O)c2ccccc2)c(-c2ccc(F)cc2)c(CBr)c1N1CC=CCC1. The molecule has 0 saturated carbocycles. The predicted octanol–water partition coefficient (Wildman–Crippen LogP) is 6.30. The lowest BCUT2D eigenvalue weighted by atomic mass is 9.95. The Kier molecular flexibility index (Phi) is 6.30. The Morgan fingerprint density at radius 1 is 1.03 bits per heavy atom. The second kappa shape index (κ2) is 8.97. The summed E-state index contributed by atoms with van der Waals surface area (Å²) in [6.45, 7) is 3.59. The van der Waals surface area contributed by atoms with Crippen molar-refractivity contribution >= 4 is 31.5 Å². The largest absolute Gasteiger partial charge is 0.367 e. The van der Waals surface area contributed by atoms with Gasteiger partial charge >= 0.3 is 0 Å². The van der Waals surface area contributed by atoms with Crippen LogP contribution < -0.4 is 4.90 Å². The van der Waals surface area contributed by atoms with Gasteiger partial charge in [-0.2, -0.15) is 0 Å². The molecule has 0 bridgehead atoms. The third kappa shape index (κ3) is 4.19. The summed E-state index contributed by atoms with van der Waals surface area (Å²) in [5.74, 6) is -0.356. The number of sulfone groups is 1. The molecule has 1 aliphatic heterocycles. The average molecular weight is 500 g/mol. The van der Waals surface area contributed by atoms with Crippen LogP contribution in [0.2, 0.25) is 0 Å². The Hall–Kier alpha value is -2.44. The molecule has 160 valence electrons. The average Bonchev–Trinajstić information content (AvgIpc) is 2.80. The van der Waals surface area contributed by atoms with Crippen molar-refractivity contribution in [3.8, 4) is 11.1 Å². The molecule has 3 aromatic carbocycles. The maximum absolute atomic E-state index is 13.7. The molecule has 31 heavy (non-hydrogen) atoms. The second-order valence-electron chi connectivity index (χ2n) is 7.56. The first-order chi connectivity index (χ1) is 14.9. The molecule has 0 N–H and O–H groups in total. The van der Waals surface area contributed by atoms with Crippen LogP contribution in [0, 0.1) is 12.7 Å². The van der Waals surface area contributed by atoms with Crippen molar-refractivity contribution in [1.82, 2.24) is 0 Å². The van der Waals surface area contributed by atoms with Crippen molar-refractivity contribution in [1.29, 1.82) is 0 Å². The van der Waals surface area contributed by atoms with Crippen molar-refractivity contribution in [3.63, 3.8) is 0 Å². The zero-order valence-electron chi connectivity index (χ0n) is 17.2. The topological polar surface area (TPSA) is 37.4 Å². The Labute approximate surface area is 191 Å². The summed E-state index contributed by atoms with van der Waals surface area (Å²) in [4.78, 5) is 2.76. The van der Waals surface area contributed by atoms with Crippen molar-refractivity contribution < 1.29 is 12.8 Å². The molecule has 0 fully saturated rings. The first-order valence-corrected chi connectivity index (χ1v) is 12.7. The third-order valence-corrected chi connectivity index (χ3v) is 7.89. The molecule has 0 saturated heterocycles. The minimum atomic E-state index is -3.78. The van der Waals surface area contributed by atoms with Crippen LogP contribution in [0.15, 0.2) is 82.6 Å². The minimum Gasteiger partial charge on any atom is -0.367 e. The number of benzene rings is 3. The number of rotatable bonds is 5. The smallest absolute Gasteiger partial charge is 0.207 e. The lowest BCUT2D eigenvalue weighted by Crippen LogP contribution is -2.29. The summed E-state index contributed by atoms with van der Waals surface area (Å²) in [6, 6.07) is 16.3. The number of anilines is 1. The van der Waals surface area contributed by atoms with Gasteiger partial charge in [0.2, 0.25) is 9.84 Å². The lowest BCUT2D eigenvalue weighted by Gasteiger charge is -2.31. The minimum absolute atomic E-state index is 0.243. The normalized spacial score (nSPS) is 14.1. The summed E-state index contributed by atoms with van der Waals surface area (Å²) in [5.41, 5.74) is 4.14. The van der Waals surface area contributed by atoms with E-state index in [2.05, 4.69) is 33.0 Å². The molecule has 0 aliphatic carbocycles. The number of hydrogen-bond donors (Lipinski definition) is 0. The highest BCUT2D eigenvalue weighted by Crippen LogP contribution is 2.42. The highest BCUT2D eigenvalue weighted by atomic mass is 79.9. The maximum Gasteiger partial charge on any atom is 0.207 e. The molecule has 0 radical (unpaired) electrons. The molecule has 4 rings (SSSR count). The van der Waals surface area contributed by atoms with Crippen LogP contribution in [-0.4, -0.2) is 21.5 Å². The van der Waals surface area contributed by atoms with E-state index in [4.69, 9.17) is 0 Å². The molecule has 0 spiro atoms. The molecular formula is C25H23BrFNO2S. The molecule has 0 aromatic heterocycles. The van der Waals surface area contributed by atoms with E-state index in [1.165, 1.54) is 12.1 Å². The maximum atomic E-state index is 13.7. The Balaban J connectivity index is 2.04. The first-order valence-electron chi connectivity index (χ1n) is 10.1. The van der Waals surface area contributed by atoms with Gasteiger partial charge in [0, 0.05) is 29.7 Å². The molecule has 0 atom stereocenters. The zero-order chi connectivity index (χ0) is 22.0. The molecule has 0 unspecified atom stereocenters. The Morgan fingerprint density at radius 2 is 1.74 bits per heavy atom. The quantitative estimate of drug-likeness (QED) is 0.305. The van der Waals surface area contributed by atoms with Gasteiger partial charge in [0.15, 0.2) is 0 Å². The molecular weight excluding hydrogens is 477 g/mol. The monoisotopic (exact) mass is 499 g/mol. The molecule has 1 aliphatic rings. The van der Waals surface area contributed by atoms with Gasteiger partial charge in [-0.15, -0.1) is 0 Å². The van der Waals surface area contributed by atoms with E-state index < -0.39 is 9.84 Å². The summed E-state index contributed by atoms with van der Waals surface area (Å²) in [7, 11) is -3.78. The van der Waals surface area contributed by atoms with Gasteiger partial charge in [-0.05, 0) is 60.4 Å². The van der Waals surface area contributed by atoms with E-state index in [0.717, 1.165) is 36.3 Å². The van der Waals surface area contributed by atoms with Crippen LogP contribution in [-0.2, 0) is 15.2 Å². The van der Waals surface area contributed by atoms with Gasteiger partial charge in [-0.25, -0.2) is 12.8 Å². The van der Waals surface area contributed by atoms with Crippen LogP contribution in [0.4, 0.5) is 10.1 Å². The highest BCUT2D eigenvalue weighted by molar-refractivity contribution is 9.08. The van der Waals surface area contributed by atoms with Gasteiger partial charge in [0.05, 0.1) is 9.79 Å². The van der Waals surface area contributed by atoms with E-state index >= 15 is 0 Å². The summed E-state index contributed by atoms with van der Waals surface area (Å²) >= 11 is 3.62. The standard InChI is InChI=1S/C25H23BrFNO2S/c1-18-16-23(31(29,30)21-8-4-2-5-9-21)24(19-10-12-20(27)13-11-19)22(17-26)25(18)28-14-6-3-7-15-28/h2-6,8-13,16H,7,14-15,17H2,1H3. The predicted molar refractivity (Wildman–Crippen MR) is 127 cm³/mol. The molecule has 1 heterocycles. The van der Waals surface area contributed by atoms with Crippen LogP contribution in [0.5, 0.6) is 0 Å². The fraction of sp³-hybridized carbons (Fsp3) is 0.200. The van der Waals surface area contributed by atoms with Gasteiger partial charge in [-0.1, -0.05) is 58.4 Å². The number of nitrogens with zero attached hydrogens (tertiary/aromatic N) is 1. The molecule has 6 heteroatoms. The Morgan fingerprint density at radius 3 is 2.35 bits per heavy atom. The van der Waals surface area contributed by atoms with E-state index in [9.17, 15) is 12.8 Å². The number of hydrogen-bond acceptors (Lipinski definition) is 3. The lowest BCUT2D eigenvalue weighted by molar-refractivity contribution is 0.596. The van der Waals surface area contributed by atoms with Crippen molar-refractivity contribution in [2.45, 2.75) is 28.5 Å². The fourth-order valence-electron chi connectivity index (χ4n) is 4.13. The second-order valence-corrected chi connectivity index (χ2v) is 10.0. The van der Waals surface area contributed by atoms with E-state index in [1.807, 2.05) is 6.92 Å². The van der Waals surface area contributed by atoms with E-state index in [-0.39, 0.29) is 15.6 Å². The zero-order valence-corrected chi connectivity index (χ0v) is 19.6. The number of alkyl halides is 1. The Bertz CT molecular complexity index is 1220. The summed E-state index contributed by atoms with van der Waals surface area (Å²) in [5, 5.41) is 0.480. The van der Waals surface area contributed by atoms with Crippen LogP contribution in [0.25, 0.3) is 11.1 Å². The molecule has 0 amide bonds. The van der Waals surface area contributed by atoms with E-state index in [0.29, 0.717) is 16.5 Å². The van der Waals surface area contributed by atoms with Gasteiger partial charge in [0.25, 0.3) is 0 Å². The number of aryl methyl sites for hydroxylation is 1. The van der Waals surface area contributed by atoms with Gasteiger partial charge < -0.3 is 4.90 Å². The fourth-order valence-corrected chi connectivity index (χ4v) is 6.29. The van der Waals surface area contributed by atoms with E-state index in [1.54, 1.807) is 48.5 Å². The molecule has 3 aromatic rings. The highest BCUT2D eigenvalue weighted by Gasteiger charge is 2.28. The molecule has 3 nitrogen and oxygen atoms in total. The van der Waals surface area contributed by atoms with Crippen molar-refractivity contribution in [3.05, 3.63) is 89.8 Å². The van der Waals surface area contributed by atoms with Crippen LogP contribution in [0.3, 0.4) is 0 Å². The van der Waals surface area contributed by atoms with Gasteiger partial charge in [-0.3, -0.25) is 0 Å². The van der Waals surface area contributed by atoms with Crippen LogP contribution in [0.1, 0.15) is 17.5 Å².